The minimum absolute atomic E-state index is 0.0149. The molecule has 3 heterocycles. The van der Waals surface area contributed by atoms with Gasteiger partial charge < -0.3 is 25.3 Å². The van der Waals surface area contributed by atoms with Crippen LogP contribution in [0.5, 0.6) is 0 Å². The fourth-order valence-electron chi connectivity index (χ4n) is 3.98. The summed E-state index contributed by atoms with van der Waals surface area (Å²) < 4.78 is 7.58. The summed E-state index contributed by atoms with van der Waals surface area (Å²) >= 11 is 0. The Balaban J connectivity index is 1.54. The highest BCUT2D eigenvalue weighted by molar-refractivity contribution is 6.06. The van der Waals surface area contributed by atoms with Crippen molar-refractivity contribution in [3.8, 4) is 0 Å². The molecule has 1 aliphatic heterocycles. The molecule has 2 amide bonds. The van der Waals surface area contributed by atoms with Gasteiger partial charge in [0.25, 0.3) is 0 Å². The number of aromatic nitrogens is 3. The molecular formula is C22H30N6O2. The number of fused-ring (bicyclic) bond motifs is 3. The summed E-state index contributed by atoms with van der Waals surface area (Å²) in [5.74, 6) is 1.51. The molecule has 0 aliphatic carbocycles. The Morgan fingerprint density at radius 3 is 2.80 bits per heavy atom. The lowest BCUT2D eigenvalue weighted by atomic mass is 10.2. The summed E-state index contributed by atoms with van der Waals surface area (Å²) in [4.78, 5) is 23.5. The first kappa shape index (κ1) is 20.4. The van der Waals surface area contributed by atoms with Crippen LogP contribution < -0.4 is 11.1 Å². The number of morpholine rings is 1. The van der Waals surface area contributed by atoms with Gasteiger partial charge in [0.05, 0.1) is 24.2 Å². The van der Waals surface area contributed by atoms with E-state index in [1.54, 1.807) is 0 Å². The van der Waals surface area contributed by atoms with E-state index in [9.17, 15) is 4.79 Å². The lowest BCUT2D eigenvalue weighted by Crippen LogP contribution is -2.46. The highest BCUT2D eigenvalue weighted by Crippen LogP contribution is 2.29. The predicted octanol–water partition coefficient (Wildman–Crippen LogP) is 2.94. The largest absolute Gasteiger partial charge is 0.382 e. The van der Waals surface area contributed by atoms with E-state index in [2.05, 4.69) is 27.9 Å². The summed E-state index contributed by atoms with van der Waals surface area (Å²) in [6.45, 7) is 6.08. The quantitative estimate of drug-likeness (QED) is 0.584. The van der Waals surface area contributed by atoms with E-state index in [4.69, 9.17) is 15.5 Å². The molecule has 0 unspecified atom stereocenters. The molecule has 0 atom stereocenters. The van der Waals surface area contributed by atoms with E-state index in [-0.39, 0.29) is 6.03 Å². The first-order chi connectivity index (χ1) is 14.7. The van der Waals surface area contributed by atoms with E-state index in [0.29, 0.717) is 38.7 Å². The molecule has 8 heteroatoms. The maximum Gasteiger partial charge on any atom is 0.317 e. The summed E-state index contributed by atoms with van der Waals surface area (Å²) in [6, 6.07) is 8.04. The van der Waals surface area contributed by atoms with E-state index < -0.39 is 0 Å². The molecule has 1 aliphatic rings. The Hall–Kier alpha value is -2.87. The zero-order chi connectivity index (χ0) is 20.9. The van der Waals surface area contributed by atoms with Gasteiger partial charge in [-0.3, -0.25) is 0 Å². The van der Waals surface area contributed by atoms with Crippen molar-refractivity contribution in [3.05, 3.63) is 30.1 Å². The number of nitrogens with zero attached hydrogens (tertiary/aromatic N) is 4. The minimum atomic E-state index is -0.0149. The van der Waals surface area contributed by atoms with E-state index in [0.717, 1.165) is 60.0 Å². The number of ether oxygens (including phenoxy) is 1. The average molecular weight is 411 g/mol. The van der Waals surface area contributed by atoms with Gasteiger partial charge in [0, 0.05) is 38.0 Å². The molecular weight excluding hydrogens is 380 g/mol. The van der Waals surface area contributed by atoms with Gasteiger partial charge in [-0.2, -0.15) is 0 Å². The maximum atomic E-state index is 12.3. The number of pyridine rings is 1. The molecule has 2 aromatic heterocycles. The third-order valence-corrected chi connectivity index (χ3v) is 5.58. The Morgan fingerprint density at radius 2 is 2.00 bits per heavy atom. The second kappa shape index (κ2) is 9.30. The first-order valence-electron chi connectivity index (χ1n) is 10.8. The molecule has 0 radical (unpaired) electrons. The lowest BCUT2D eigenvalue weighted by molar-refractivity contribution is 0.0532. The van der Waals surface area contributed by atoms with Crippen LogP contribution in [0.4, 0.5) is 10.6 Å². The van der Waals surface area contributed by atoms with Gasteiger partial charge >= 0.3 is 6.03 Å². The van der Waals surface area contributed by atoms with Crippen molar-refractivity contribution in [2.75, 3.05) is 38.6 Å². The molecule has 8 nitrogen and oxygen atoms in total. The van der Waals surface area contributed by atoms with Gasteiger partial charge in [-0.25, -0.2) is 14.8 Å². The first-order valence-corrected chi connectivity index (χ1v) is 10.8. The third-order valence-electron chi connectivity index (χ3n) is 5.58. The van der Waals surface area contributed by atoms with Crippen LogP contribution in [0.3, 0.4) is 0 Å². The molecule has 1 saturated heterocycles. The molecule has 4 rings (SSSR count). The molecule has 1 aromatic carbocycles. The molecule has 0 spiro atoms. The van der Waals surface area contributed by atoms with E-state index in [1.165, 1.54) is 0 Å². The molecule has 0 saturated carbocycles. The Morgan fingerprint density at radius 1 is 1.20 bits per heavy atom. The SMILES string of the molecule is CCCCc1nc2c(N)nc3ccccc3c2n1CCCNC(=O)N1CCOCC1. The number of benzene rings is 1. The Kier molecular flexibility index (Phi) is 6.32. The molecule has 0 bridgehead atoms. The van der Waals surface area contributed by atoms with Crippen molar-refractivity contribution < 1.29 is 9.53 Å². The van der Waals surface area contributed by atoms with Gasteiger partial charge in [-0.05, 0) is 18.9 Å². The number of amides is 2. The molecule has 3 aromatic rings. The smallest absolute Gasteiger partial charge is 0.317 e. The number of carbonyl (C=O) groups is 1. The molecule has 1 fully saturated rings. The highest BCUT2D eigenvalue weighted by atomic mass is 16.5. The number of imidazole rings is 1. The van der Waals surface area contributed by atoms with Crippen molar-refractivity contribution in [2.24, 2.45) is 0 Å². The van der Waals surface area contributed by atoms with Crippen LogP contribution in [0.25, 0.3) is 21.9 Å². The molecule has 3 N–H and O–H groups in total. The van der Waals surface area contributed by atoms with Crippen molar-refractivity contribution in [1.82, 2.24) is 24.8 Å². The number of hydrogen-bond donors (Lipinski definition) is 2. The lowest BCUT2D eigenvalue weighted by Gasteiger charge is -2.26. The van der Waals surface area contributed by atoms with Crippen molar-refractivity contribution in [2.45, 2.75) is 39.2 Å². The molecule has 160 valence electrons. The number of nitrogens with two attached hydrogens (primary N) is 1. The van der Waals surface area contributed by atoms with Crippen molar-refractivity contribution in [3.63, 3.8) is 0 Å². The van der Waals surface area contributed by atoms with Crippen LogP contribution in [0.2, 0.25) is 0 Å². The van der Waals surface area contributed by atoms with Crippen molar-refractivity contribution in [1.29, 1.82) is 0 Å². The second-order valence-electron chi connectivity index (χ2n) is 7.68. The average Bonchev–Trinajstić information content (AvgIpc) is 3.15. The summed E-state index contributed by atoms with van der Waals surface area (Å²) in [5.41, 5.74) is 8.95. The third kappa shape index (κ3) is 4.18. The number of hydrogen-bond acceptors (Lipinski definition) is 5. The fraction of sp³-hybridized carbons (Fsp3) is 0.500. The van der Waals surface area contributed by atoms with Crippen LogP contribution in [-0.4, -0.2) is 58.3 Å². The van der Waals surface area contributed by atoms with Crippen LogP contribution in [-0.2, 0) is 17.7 Å². The number of rotatable bonds is 7. The monoisotopic (exact) mass is 410 g/mol. The normalized spacial score (nSPS) is 14.5. The van der Waals surface area contributed by atoms with Crippen LogP contribution in [0.1, 0.15) is 32.0 Å². The Bertz CT molecular complexity index is 1030. The zero-order valence-electron chi connectivity index (χ0n) is 17.6. The van der Waals surface area contributed by atoms with Crippen LogP contribution in [0, 0.1) is 0 Å². The second-order valence-corrected chi connectivity index (χ2v) is 7.68. The van der Waals surface area contributed by atoms with Crippen LogP contribution >= 0.6 is 0 Å². The van der Waals surface area contributed by atoms with Gasteiger partial charge in [0.2, 0.25) is 0 Å². The maximum absolute atomic E-state index is 12.3. The van der Waals surface area contributed by atoms with Gasteiger partial charge in [0.1, 0.15) is 11.3 Å². The standard InChI is InChI=1S/C22H30N6O2/c1-2-3-9-18-26-19-20(16-7-4-5-8-17(16)25-21(19)23)28(18)11-6-10-24-22(29)27-12-14-30-15-13-27/h4-5,7-8H,2-3,6,9-15H2,1H3,(H2,23,25)(H,24,29). The van der Waals surface area contributed by atoms with Gasteiger partial charge in [-0.1, -0.05) is 31.5 Å². The zero-order valence-corrected chi connectivity index (χ0v) is 17.6. The summed E-state index contributed by atoms with van der Waals surface area (Å²) in [6.07, 6.45) is 3.89. The van der Waals surface area contributed by atoms with Gasteiger partial charge in [0.15, 0.2) is 5.82 Å². The van der Waals surface area contributed by atoms with Crippen LogP contribution in [0.15, 0.2) is 24.3 Å². The fourth-order valence-corrected chi connectivity index (χ4v) is 3.98. The number of carbonyl (C=O) groups excluding carboxylic acids is 1. The minimum Gasteiger partial charge on any atom is -0.382 e. The topological polar surface area (TPSA) is 98.3 Å². The highest BCUT2D eigenvalue weighted by Gasteiger charge is 2.18. The number of anilines is 1. The van der Waals surface area contributed by atoms with Gasteiger partial charge in [-0.15, -0.1) is 0 Å². The predicted molar refractivity (Wildman–Crippen MR) is 118 cm³/mol. The van der Waals surface area contributed by atoms with E-state index in [1.807, 2.05) is 23.1 Å². The number of nitrogens with one attached hydrogen (secondary N) is 1. The summed E-state index contributed by atoms with van der Waals surface area (Å²) in [7, 11) is 0. The number of unbranched alkanes of at least 4 members (excludes halogenated alkanes) is 1. The Labute approximate surface area is 176 Å². The number of para-hydroxylation sites is 1. The molecule has 30 heavy (non-hydrogen) atoms. The summed E-state index contributed by atoms with van der Waals surface area (Å²) in [5, 5.41) is 4.10. The van der Waals surface area contributed by atoms with Crippen molar-refractivity contribution >= 4 is 33.8 Å². The number of nitrogen functional groups attached to an aromatic ring is 1. The van der Waals surface area contributed by atoms with E-state index >= 15 is 0 Å². The number of urea groups is 1. The number of aryl methyl sites for hydroxylation is 2.